The van der Waals surface area contributed by atoms with Crippen molar-refractivity contribution in [2.45, 2.75) is 51.0 Å². The van der Waals surface area contributed by atoms with E-state index in [1.54, 1.807) is 18.0 Å². The summed E-state index contributed by atoms with van der Waals surface area (Å²) in [6, 6.07) is 18.4. The number of benzene rings is 2. The summed E-state index contributed by atoms with van der Waals surface area (Å²) in [5.41, 5.74) is 4.65. The summed E-state index contributed by atoms with van der Waals surface area (Å²) < 4.78 is 12.7. The van der Waals surface area contributed by atoms with E-state index in [0.717, 1.165) is 22.4 Å². The summed E-state index contributed by atoms with van der Waals surface area (Å²) in [6.45, 7) is 5.96. The number of aryl methyl sites for hydroxylation is 1. The van der Waals surface area contributed by atoms with E-state index in [0.29, 0.717) is 23.1 Å². The monoisotopic (exact) mass is 485 g/mol. The average Bonchev–Trinajstić information content (AvgIpc) is 3.49. The Morgan fingerprint density at radius 1 is 1.14 bits per heavy atom. The SMILES string of the molecule is C=C(OC)C1CC12CCC(c1ccc(-c3cnn(C)c3NC(=O)O[C@H](C)c3ccccc3)cc1)CC2. The second-order valence-electron chi connectivity index (χ2n) is 10.3. The first kappa shape index (κ1) is 24.2. The van der Waals surface area contributed by atoms with E-state index in [4.69, 9.17) is 9.47 Å². The Balaban J connectivity index is 1.22. The number of anilines is 1. The third-order valence-electron chi connectivity index (χ3n) is 8.23. The van der Waals surface area contributed by atoms with Crippen molar-refractivity contribution in [1.29, 1.82) is 0 Å². The molecule has 0 bridgehead atoms. The molecule has 0 aliphatic heterocycles. The summed E-state index contributed by atoms with van der Waals surface area (Å²) in [4.78, 5) is 12.6. The fourth-order valence-corrected chi connectivity index (χ4v) is 5.83. The fourth-order valence-electron chi connectivity index (χ4n) is 5.83. The highest BCUT2D eigenvalue weighted by molar-refractivity contribution is 5.90. The molecule has 1 spiro atoms. The lowest BCUT2D eigenvalue weighted by Crippen LogP contribution is -2.18. The number of carbonyl (C=O) groups excluding carboxylic acids is 1. The van der Waals surface area contributed by atoms with Gasteiger partial charge in [0.1, 0.15) is 11.9 Å². The van der Waals surface area contributed by atoms with E-state index < -0.39 is 6.09 Å². The Hall–Kier alpha value is -3.54. The normalized spacial score (nSPS) is 23.6. The van der Waals surface area contributed by atoms with Crippen molar-refractivity contribution >= 4 is 11.9 Å². The lowest BCUT2D eigenvalue weighted by atomic mass is 9.75. The summed E-state index contributed by atoms with van der Waals surface area (Å²) >= 11 is 0. The molecule has 2 aliphatic rings. The second-order valence-corrected chi connectivity index (χ2v) is 10.3. The minimum atomic E-state index is -0.501. The molecule has 2 atom stereocenters. The molecule has 2 saturated carbocycles. The van der Waals surface area contributed by atoms with Crippen molar-refractivity contribution in [2.24, 2.45) is 18.4 Å². The molecule has 1 N–H and O–H groups in total. The third-order valence-corrected chi connectivity index (χ3v) is 8.23. The van der Waals surface area contributed by atoms with E-state index in [-0.39, 0.29) is 6.10 Å². The highest BCUT2D eigenvalue weighted by Crippen LogP contribution is 2.65. The molecule has 188 valence electrons. The minimum Gasteiger partial charge on any atom is -0.501 e. The highest BCUT2D eigenvalue weighted by atomic mass is 16.6. The van der Waals surface area contributed by atoms with Gasteiger partial charge in [-0.2, -0.15) is 5.10 Å². The number of nitrogens with zero attached hydrogens (tertiary/aromatic N) is 2. The van der Waals surface area contributed by atoms with Crippen LogP contribution in [0.4, 0.5) is 10.6 Å². The Morgan fingerprint density at radius 2 is 1.83 bits per heavy atom. The molecule has 36 heavy (non-hydrogen) atoms. The van der Waals surface area contributed by atoms with Crippen LogP contribution in [0.3, 0.4) is 0 Å². The van der Waals surface area contributed by atoms with Gasteiger partial charge in [-0.1, -0.05) is 61.2 Å². The first-order valence-corrected chi connectivity index (χ1v) is 12.8. The van der Waals surface area contributed by atoms with Crippen molar-refractivity contribution in [3.05, 3.63) is 84.3 Å². The molecule has 6 heteroatoms. The molecule has 2 fully saturated rings. The number of methoxy groups -OCH3 is 1. The highest BCUT2D eigenvalue weighted by Gasteiger charge is 2.56. The van der Waals surface area contributed by atoms with Crippen molar-refractivity contribution in [3.8, 4) is 11.1 Å². The van der Waals surface area contributed by atoms with Crippen LogP contribution in [-0.4, -0.2) is 23.0 Å². The number of hydrogen-bond acceptors (Lipinski definition) is 4. The molecule has 0 saturated heterocycles. The van der Waals surface area contributed by atoms with Gasteiger partial charge < -0.3 is 9.47 Å². The van der Waals surface area contributed by atoms with Gasteiger partial charge in [0, 0.05) is 18.5 Å². The van der Waals surface area contributed by atoms with Gasteiger partial charge in [0.2, 0.25) is 0 Å². The van der Waals surface area contributed by atoms with Crippen LogP contribution in [0.25, 0.3) is 11.1 Å². The molecule has 2 aliphatic carbocycles. The number of aromatic nitrogens is 2. The second kappa shape index (κ2) is 9.84. The zero-order chi connectivity index (χ0) is 25.3. The Kier molecular flexibility index (Phi) is 6.61. The van der Waals surface area contributed by atoms with E-state index in [9.17, 15) is 4.79 Å². The Morgan fingerprint density at radius 3 is 2.50 bits per heavy atom. The van der Waals surface area contributed by atoms with Crippen LogP contribution in [-0.2, 0) is 16.5 Å². The van der Waals surface area contributed by atoms with Crippen molar-refractivity contribution < 1.29 is 14.3 Å². The standard InChI is InChI=1S/C30H35N3O3/c1-20(22-8-6-5-7-9-22)36-29(34)32-28-26(19-31-33(28)3)25-12-10-23(11-13-25)24-14-16-30(17-15-24)18-27(30)21(2)35-4/h5-13,19-20,24,27H,2,14-18H2,1,3-4H3,(H,32,34)/t20-,24?,27?,30?/m1/s1. The zero-order valence-corrected chi connectivity index (χ0v) is 21.4. The Labute approximate surface area is 213 Å². The van der Waals surface area contributed by atoms with E-state index in [1.165, 1.54) is 37.7 Å². The molecule has 1 amide bonds. The van der Waals surface area contributed by atoms with Crippen LogP contribution in [0.15, 0.2) is 73.1 Å². The van der Waals surface area contributed by atoms with Crippen LogP contribution in [0.2, 0.25) is 0 Å². The van der Waals surface area contributed by atoms with E-state index >= 15 is 0 Å². The summed E-state index contributed by atoms with van der Waals surface area (Å²) in [6.07, 6.45) is 7.06. The van der Waals surface area contributed by atoms with Gasteiger partial charge in [0.15, 0.2) is 0 Å². The number of nitrogens with one attached hydrogen (secondary N) is 1. The molecule has 1 heterocycles. The first-order chi connectivity index (χ1) is 17.4. The molecule has 1 aromatic heterocycles. The number of allylic oxidation sites excluding steroid dienone is 1. The Bertz CT molecular complexity index is 1220. The molecular formula is C30H35N3O3. The number of rotatable bonds is 7. The smallest absolute Gasteiger partial charge is 0.413 e. The topological polar surface area (TPSA) is 65.4 Å². The number of ether oxygens (including phenoxy) is 2. The molecule has 6 nitrogen and oxygen atoms in total. The lowest BCUT2D eigenvalue weighted by molar-refractivity contribution is 0.121. The van der Waals surface area contributed by atoms with Crippen molar-refractivity contribution in [2.75, 3.05) is 12.4 Å². The van der Waals surface area contributed by atoms with Gasteiger partial charge in [0.25, 0.3) is 0 Å². The van der Waals surface area contributed by atoms with E-state index in [2.05, 4.69) is 41.3 Å². The number of amides is 1. The third kappa shape index (κ3) is 4.77. The average molecular weight is 486 g/mol. The summed E-state index contributed by atoms with van der Waals surface area (Å²) in [5.74, 6) is 2.70. The minimum absolute atomic E-state index is 0.352. The fraction of sp³-hybridized carbons (Fsp3) is 0.400. The molecular weight excluding hydrogens is 450 g/mol. The maximum absolute atomic E-state index is 12.6. The van der Waals surface area contributed by atoms with Crippen LogP contribution in [0.5, 0.6) is 0 Å². The number of hydrogen-bond donors (Lipinski definition) is 1. The van der Waals surface area contributed by atoms with Gasteiger partial charge in [0.05, 0.1) is 19.1 Å². The summed E-state index contributed by atoms with van der Waals surface area (Å²) in [7, 11) is 3.55. The maximum atomic E-state index is 12.6. The molecule has 2 aromatic carbocycles. The maximum Gasteiger partial charge on any atom is 0.413 e. The molecule has 5 rings (SSSR count). The van der Waals surface area contributed by atoms with Crippen molar-refractivity contribution in [3.63, 3.8) is 0 Å². The van der Waals surface area contributed by atoms with Gasteiger partial charge in [-0.3, -0.25) is 10.00 Å². The predicted molar refractivity (Wildman–Crippen MR) is 142 cm³/mol. The van der Waals surface area contributed by atoms with Gasteiger partial charge in [-0.25, -0.2) is 4.79 Å². The molecule has 1 unspecified atom stereocenters. The largest absolute Gasteiger partial charge is 0.501 e. The van der Waals surface area contributed by atoms with E-state index in [1.807, 2.05) is 44.3 Å². The molecule has 3 aromatic rings. The zero-order valence-electron chi connectivity index (χ0n) is 21.4. The van der Waals surface area contributed by atoms with Crippen LogP contribution in [0.1, 0.15) is 62.2 Å². The van der Waals surface area contributed by atoms with Crippen molar-refractivity contribution in [1.82, 2.24) is 9.78 Å². The van der Waals surface area contributed by atoms with Crippen LogP contribution in [0, 0.1) is 11.3 Å². The first-order valence-electron chi connectivity index (χ1n) is 12.8. The number of carbonyl (C=O) groups is 1. The van der Waals surface area contributed by atoms with Crippen LogP contribution >= 0.6 is 0 Å². The summed E-state index contributed by atoms with van der Waals surface area (Å²) in [5, 5.41) is 7.27. The lowest BCUT2D eigenvalue weighted by Gasteiger charge is -2.30. The molecule has 0 radical (unpaired) electrons. The van der Waals surface area contributed by atoms with Gasteiger partial charge in [-0.05, 0) is 67.1 Å². The predicted octanol–water partition coefficient (Wildman–Crippen LogP) is 7.22. The quantitative estimate of drug-likeness (QED) is 0.359. The van der Waals surface area contributed by atoms with Crippen LogP contribution < -0.4 is 5.32 Å². The van der Waals surface area contributed by atoms with Gasteiger partial charge >= 0.3 is 6.09 Å². The van der Waals surface area contributed by atoms with Gasteiger partial charge in [-0.15, -0.1) is 0 Å².